The molecule has 1 heterocycles. The number of halogens is 1. The van der Waals surface area contributed by atoms with Crippen molar-refractivity contribution in [3.8, 4) is 5.69 Å². The molecule has 3 aromatic carbocycles. The third-order valence-electron chi connectivity index (χ3n) is 5.26. The minimum absolute atomic E-state index is 0.0516. The van der Waals surface area contributed by atoms with E-state index in [1.54, 1.807) is 36.8 Å². The van der Waals surface area contributed by atoms with Gasteiger partial charge < -0.3 is 9.88 Å². The summed E-state index contributed by atoms with van der Waals surface area (Å²) in [5, 5.41) is 3.27. The predicted octanol–water partition coefficient (Wildman–Crippen LogP) is 4.35. The molecule has 0 bridgehead atoms. The Balaban J connectivity index is 1.57. The Bertz CT molecular complexity index is 1370. The van der Waals surface area contributed by atoms with E-state index in [1.807, 2.05) is 42.0 Å². The van der Waals surface area contributed by atoms with Gasteiger partial charge in [0.05, 0.1) is 22.6 Å². The minimum atomic E-state index is -4.00. The van der Waals surface area contributed by atoms with Gasteiger partial charge in [0.1, 0.15) is 6.54 Å². The summed E-state index contributed by atoms with van der Waals surface area (Å²) >= 11 is 5.93. The number of benzene rings is 3. The number of carbonyl (C=O) groups is 1. The molecule has 34 heavy (non-hydrogen) atoms. The molecule has 0 atom stereocenters. The fraction of sp³-hybridized carbons (Fsp3) is 0.120. The van der Waals surface area contributed by atoms with Crippen molar-refractivity contribution in [1.82, 2.24) is 14.9 Å². The fourth-order valence-electron chi connectivity index (χ4n) is 3.45. The van der Waals surface area contributed by atoms with Crippen LogP contribution in [0.3, 0.4) is 0 Å². The molecule has 174 valence electrons. The topological polar surface area (TPSA) is 84.3 Å². The Morgan fingerprint density at radius 2 is 1.74 bits per heavy atom. The molecule has 0 spiro atoms. The molecule has 7 nitrogen and oxygen atoms in total. The molecular formula is C25H23ClN4O3S. The Hall–Kier alpha value is -3.62. The van der Waals surface area contributed by atoms with Gasteiger partial charge in [-0.15, -0.1) is 0 Å². The van der Waals surface area contributed by atoms with Crippen molar-refractivity contribution >= 4 is 33.2 Å². The molecule has 9 heteroatoms. The predicted molar refractivity (Wildman–Crippen MR) is 133 cm³/mol. The minimum Gasteiger partial charge on any atom is -0.350 e. The number of hydrogen-bond donors (Lipinski definition) is 1. The van der Waals surface area contributed by atoms with Gasteiger partial charge in [0.25, 0.3) is 10.0 Å². The van der Waals surface area contributed by atoms with Crippen LogP contribution in [0.1, 0.15) is 11.1 Å². The Morgan fingerprint density at radius 1 is 1.03 bits per heavy atom. The van der Waals surface area contributed by atoms with Crippen LogP contribution in [-0.4, -0.2) is 30.4 Å². The van der Waals surface area contributed by atoms with Gasteiger partial charge in [-0.2, -0.15) is 0 Å². The van der Waals surface area contributed by atoms with E-state index >= 15 is 0 Å². The van der Waals surface area contributed by atoms with E-state index in [2.05, 4.69) is 10.3 Å². The number of aromatic nitrogens is 2. The molecule has 4 rings (SSSR count). The van der Waals surface area contributed by atoms with Crippen LogP contribution in [0.5, 0.6) is 0 Å². The van der Waals surface area contributed by atoms with Gasteiger partial charge in [-0.25, -0.2) is 13.4 Å². The Morgan fingerprint density at radius 3 is 2.41 bits per heavy atom. The average Bonchev–Trinajstić information content (AvgIpc) is 3.37. The van der Waals surface area contributed by atoms with Gasteiger partial charge in [0, 0.05) is 24.0 Å². The number of para-hydroxylation sites is 1. The fourth-order valence-corrected chi connectivity index (χ4v) is 5.00. The molecule has 0 aliphatic rings. The smallest absolute Gasteiger partial charge is 0.264 e. The van der Waals surface area contributed by atoms with E-state index in [0.717, 1.165) is 21.1 Å². The Labute approximate surface area is 203 Å². The zero-order chi connectivity index (χ0) is 24.1. The lowest BCUT2D eigenvalue weighted by Crippen LogP contribution is -2.40. The highest BCUT2D eigenvalue weighted by atomic mass is 35.5. The van der Waals surface area contributed by atoms with E-state index in [4.69, 9.17) is 11.6 Å². The van der Waals surface area contributed by atoms with Crippen molar-refractivity contribution in [2.45, 2.75) is 18.4 Å². The van der Waals surface area contributed by atoms with Crippen molar-refractivity contribution < 1.29 is 13.2 Å². The maximum atomic E-state index is 13.4. The zero-order valence-electron chi connectivity index (χ0n) is 18.4. The summed E-state index contributed by atoms with van der Waals surface area (Å²) < 4.78 is 29.8. The summed E-state index contributed by atoms with van der Waals surface area (Å²) in [5.41, 5.74) is 3.13. The first-order valence-corrected chi connectivity index (χ1v) is 12.3. The number of hydrogen-bond acceptors (Lipinski definition) is 4. The van der Waals surface area contributed by atoms with Crippen molar-refractivity contribution in [3.05, 3.63) is 108 Å². The SMILES string of the molecule is Cc1ccc(N(CC(=O)NCc2ccccc2-n2ccnc2)S(=O)(=O)c2ccc(Cl)cc2)cc1. The molecule has 1 aromatic heterocycles. The number of rotatable bonds is 8. The number of sulfonamides is 1. The van der Waals surface area contributed by atoms with Crippen LogP contribution < -0.4 is 9.62 Å². The molecule has 0 saturated heterocycles. The molecule has 0 unspecified atom stereocenters. The second kappa shape index (κ2) is 10.1. The summed E-state index contributed by atoms with van der Waals surface area (Å²) in [7, 11) is -4.00. The summed E-state index contributed by atoms with van der Waals surface area (Å²) in [5.74, 6) is -0.432. The molecule has 0 aliphatic carbocycles. The Kier molecular flexibility index (Phi) is 7.00. The second-order valence-electron chi connectivity index (χ2n) is 7.68. The summed E-state index contributed by atoms with van der Waals surface area (Å²) in [6.07, 6.45) is 5.17. The molecule has 0 radical (unpaired) electrons. The monoisotopic (exact) mass is 494 g/mol. The lowest BCUT2D eigenvalue weighted by molar-refractivity contribution is -0.119. The quantitative estimate of drug-likeness (QED) is 0.395. The number of imidazole rings is 1. The number of nitrogens with one attached hydrogen (secondary N) is 1. The van der Waals surface area contributed by atoms with Gasteiger partial charge in [-0.1, -0.05) is 47.5 Å². The first kappa shape index (κ1) is 23.5. The number of amides is 1. The number of nitrogens with zero attached hydrogens (tertiary/aromatic N) is 3. The molecule has 1 N–H and O–H groups in total. The first-order chi connectivity index (χ1) is 16.3. The van der Waals surface area contributed by atoms with E-state index in [9.17, 15) is 13.2 Å². The lowest BCUT2D eigenvalue weighted by atomic mass is 10.1. The number of anilines is 1. The molecule has 0 aliphatic heterocycles. The average molecular weight is 495 g/mol. The van der Waals surface area contributed by atoms with E-state index < -0.39 is 15.9 Å². The third-order valence-corrected chi connectivity index (χ3v) is 7.30. The van der Waals surface area contributed by atoms with Gasteiger partial charge in [-0.05, 0) is 55.0 Å². The van der Waals surface area contributed by atoms with E-state index in [0.29, 0.717) is 10.7 Å². The van der Waals surface area contributed by atoms with Crippen LogP contribution in [0, 0.1) is 6.92 Å². The van der Waals surface area contributed by atoms with Crippen molar-refractivity contribution in [1.29, 1.82) is 0 Å². The van der Waals surface area contributed by atoms with Crippen LogP contribution in [-0.2, 0) is 21.4 Å². The van der Waals surface area contributed by atoms with Gasteiger partial charge in [0.2, 0.25) is 5.91 Å². The van der Waals surface area contributed by atoms with Gasteiger partial charge in [0.15, 0.2) is 0 Å². The molecule has 0 fully saturated rings. The summed E-state index contributed by atoms with van der Waals surface area (Å²) in [6, 6.07) is 20.5. The molecule has 0 saturated carbocycles. The van der Waals surface area contributed by atoms with Crippen molar-refractivity contribution in [3.63, 3.8) is 0 Å². The highest BCUT2D eigenvalue weighted by molar-refractivity contribution is 7.92. The highest BCUT2D eigenvalue weighted by Gasteiger charge is 2.27. The van der Waals surface area contributed by atoms with E-state index in [-0.39, 0.29) is 18.0 Å². The molecule has 4 aromatic rings. The normalized spacial score (nSPS) is 11.2. The van der Waals surface area contributed by atoms with Crippen LogP contribution in [0.2, 0.25) is 5.02 Å². The van der Waals surface area contributed by atoms with Crippen LogP contribution in [0.25, 0.3) is 5.69 Å². The van der Waals surface area contributed by atoms with E-state index in [1.165, 1.54) is 24.3 Å². The first-order valence-electron chi connectivity index (χ1n) is 10.5. The number of carbonyl (C=O) groups excluding carboxylic acids is 1. The van der Waals surface area contributed by atoms with Gasteiger partial charge in [-0.3, -0.25) is 9.10 Å². The largest absolute Gasteiger partial charge is 0.350 e. The number of aryl methyl sites for hydroxylation is 1. The van der Waals surface area contributed by atoms with Crippen LogP contribution in [0.4, 0.5) is 5.69 Å². The summed E-state index contributed by atoms with van der Waals surface area (Å²) in [4.78, 5) is 17.1. The third kappa shape index (κ3) is 5.30. The maximum absolute atomic E-state index is 13.4. The lowest BCUT2D eigenvalue weighted by Gasteiger charge is -2.24. The zero-order valence-corrected chi connectivity index (χ0v) is 20.0. The molecule has 1 amide bonds. The van der Waals surface area contributed by atoms with Crippen molar-refractivity contribution in [2.24, 2.45) is 0 Å². The molecular weight excluding hydrogens is 472 g/mol. The highest BCUT2D eigenvalue weighted by Crippen LogP contribution is 2.25. The standard InChI is InChI=1S/C25H23ClN4O3S/c1-19-6-10-22(11-7-19)30(34(32,33)23-12-8-21(26)9-13-23)17-25(31)28-16-20-4-2-3-5-24(20)29-15-14-27-18-29/h2-15,18H,16-17H2,1H3,(H,28,31). The van der Waals surface area contributed by atoms with Crippen LogP contribution in [0.15, 0.2) is 96.4 Å². The van der Waals surface area contributed by atoms with Gasteiger partial charge >= 0.3 is 0 Å². The summed E-state index contributed by atoms with van der Waals surface area (Å²) in [6.45, 7) is 1.77. The second-order valence-corrected chi connectivity index (χ2v) is 9.98. The van der Waals surface area contributed by atoms with Crippen LogP contribution >= 0.6 is 11.6 Å². The maximum Gasteiger partial charge on any atom is 0.264 e. The van der Waals surface area contributed by atoms with Crippen molar-refractivity contribution in [2.75, 3.05) is 10.8 Å².